The number of anilines is 1. The average molecular weight is 348 g/mol. The van der Waals surface area contributed by atoms with Gasteiger partial charge in [-0.15, -0.1) is 0 Å². The zero-order valence-corrected chi connectivity index (χ0v) is 14.6. The summed E-state index contributed by atoms with van der Waals surface area (Å²) < 4.78 is 24.4. The number of benzene rings is 2. The van der Waals surface area contributed by atoms with Crippen molar-refractivity contribution in [3.05, 3.63) is 53.8 Å². The number of ether oxygens (including phenoxy) is 2. The van der Waals surface area contributed by atoms with E-state index in [1.807, 2.05) is 31.2 Å². The molecule has 4 nitrogen and oxygen atoms in total. The molecule has 0 spiro atoms. The summed E-state index contributed by atoms with van der Waals surface area (Å²) in [6.07, 6.45) is 0. The highest BCUT2D eigenvalue weighted by Gasteiger charge is 2.02. The molecule has 24 heavy (non-hydrogen) atoms. The Bertz CT molecular complexity index is 677. The van der Waals surface area contributed by atoms with Gasteiger partial charge in [0.1, 0.15) is 23.9 Å². The molecule has 0 aliphatic heterocycles. The van der Waals surface area contributed by atoms with Gasteiger partial charge in [0.05, 0.1) is 13.2 Å². The smallest absolute Gasteiger partial charge is 0.170 e. The Morgan fingerprint density at radius 2 is 1.75 bits per heavy atom. The number of thiocarbonyl (C=S) groups is 1. The second-order valence-corrected chi connectivity index (χ2v) is 5.51. The quantitative estimate of drug-likeness (QED) is 0.587. The van der Waals surface area contributed by atoms with E-state index < -0.39 is 0 Å². The molecule has 0 atom stereocenters. The Balaban J connectivity index is 1.69. The van der Waals surface area contributed by atoms with Gasteiger partial charge in [-0.2, -0.15) is 0 Å². The largest absolute Gasteiger partial charge is 0.494 e. The Morgan fingerprint density at radius 1 is 1.08 bits per heavy atom. The van der Waals surface area contributed by atoms with Crippen LogP contribution in [0.1, 0.15) is 12.5 Å². The molecule has 0 bridgehead atoms. The minimum Gasteiger partial charge on any atom is -0.494 e. The summed E-state index contributed by atoms with van der Waals surface area (Å²) in [5, 5.41) is 6.38. The van der Waals surface area contributed by atoms with Gasteiger partial charge < -0.3 is 20.1 Å². The lowest BCUT2D eigenvalue weighted by Gasteiger charge is -2.12. The molecule has 2 aromatic carbocycles. The van der Waals surface area contributed by atoms with Gasteiger partial charge in [-0.05, 0) is 68.0 Å². The molecule has 0 fully saturated rings. The van der Waals surface area contributed by atoms with Crippen LogP contribution in [0.3, 0.4) is 0 Å². The molecular weight excluding hydrogens is 327 g/mol. The van der Waals surface area contributed by atoms with E-state index in [1.54, 1.807) is 19.1 Å². The highest BCUT2D eigenvalue weighted by Crippen LogP contribution is 2.17. The van der Waals surface area contributed by atoms with Gasteiger partial charge in [0.15, 0.2) is 5.11 Å². The number of nitrogens with one attached hydrogen (secondary N) is 2. The van der Waals surface area contributed by atoms with Gasteiger partial charge in [-0.3, -0.25) is 0 Å². The van der Waals surface area contributed by atoms with Gasteiger partial charge in [0.2, 0.25) is 0 Å². The van der Waals surface area contributed by atoms with Crippen molar-refractivity contribution >= 4 is 23.0 Å². The first-order valence-electron chi connectivity index (χ1n) is 7.75. The molecule has 6 heteroatoms. The maximum atomic E-state index is 13.5. The van der Waals surface area contributed by atoms with Crippen molar-refractivity contribution in [1.29, 1.82) is 0 Å². The first-order valence-corrected chi connectivity index (χ1v) is 8.16. The highest BCUT2D eigenvalue weighted by atomic mass is 32.1. The summed E-state index contributed by atoms with van der Waals surface area (Å²) in [5.41, 5.74) is 1.21. The zero-order valence-electron chi connectivity index (χ0n) is 13.8. The molecule has 0 aliphatic carbocycles. The average Bonchev–Trinajstić information content (AvgIpc) is 2.57. The lowest BCUT2D eigenvalue weighted by atomic mass is 10.2. The summed E-state index contributed by atoms with van der Waals surface area (Å²) in [4.78, 5) is 0. The molecule has 2 N–H and O–H groups in total. The van der Waals surface area contributed by atoms with E-state index in [1.165, 1.54) is 6.07 Å². The number of rotatable bonds is 7. The predicted octanol–water partition coefficient (Wildman–Crippen LogP) is 3.90. The molecule has 0 radical (unpaired) electrons. The summed E-state index contributed by atoms with van der Waals surface area (Å²) in [6, 6.07) is 12.3. The summed E-state index contributed by atoms with van der Waals surface area (Å²) in [7, 11) is 0. The van der Waals surface area contributed by atoms with Crippen molar-refractivity contribution in [3.8, 4) is 11.5 Å². The van der Waals surface area contributed by atoms with Crippen LogP contribution in [-0.2, 0) is 0 Å². The second-order valence-electron chi connectivity index (χ2n) is 5.10. The van der Waals surface area contributed by atoms with Crippen molar-refractivity contribution in [2.75, 3.05) is 25.1 Å². The van der Waals surface area contributed by atoms with E-state index in [9.17, 15) is 4.39 Å². The molecular formula is C18H21FN2O2S. The van der Waals surface area contributed by atoms with Crippen LogP contribution in [-0.4, -0.2) is 24.9 Å². The molecule has 0 aliphatic rings. The van der Waals surface area contributed by atoms with Gasteiger partial charge in [0.25, 0.3) is 0 Å². The third-order valence-electron chi connectivity index (χ3n) is 3.22. The normalized spacial score (nSPS) is 10.1. The van der Waals surface area contributed by atoms with Crippen molar-refractivity contribution in [2.24, 2.45) is 0 Å². The Labute approximate surface area is 147 Å². The fraction of sp³-hybridized carbons (Fsp3) is 0.278. The lowest BCUT2D eigenvalue weighted by molar-refractivity contribution is 0.319. The first-order chi connectivity index (χ1) is 11.6. The van der Waals surface area contributed by atoms with Crippen molar-refractivity contribution in [3.63, 3.8) is 0 Å². The molecule has 0 heterocycles. The molecule has 128 valence electrons. The maximum absolute atomic E-state index is 13.5. The van der Waals surface area contributed by atoms with Crippen LogP contribution in [0, 0.1) is 12.7 Å². The molecule has 0 saturated heterocycles. The SMILES string of the molecule is CCOc1ccc(OCCNC(=S)Nc2ccc(C)c(F)c2)cc1. The molecule has 2 aromatic rings. The third kappa shape index (κ3) is 5.70. The van der Waals surface area contributed by atoms with Crippen molar-refractivity contribution in [1.82, 2.24) is 5.32 Å². The number of aryl methyl sites for hydroxylation is 1. The number of hydrogen-bond donors (Lipinski definition) is 2. The van der Waals surface area contributed by atoms with Crippen LogP contribution >= 0.6 is 12.2 Å². The summed E-state index contributed by atoms with van der Waals surface area (Å²) in [5.74, 6) is 1.32. The summed E-state index contributed by atoms with van der Waals surface area (Å²) in [6.45, 7) is 5.29. The van der Waals surface area contributed by atoms with Gasteiger partial charge in [-0.25, -0.2) is 4.39 Å². The van der Waals surface area contributed by atoms with E-state index in [2.05, 4.69) is 10.6 Å². The predicted molar refractivity (Wildman–Crippen MR) is 98.5 cm³/mol. The van der Waals surface area contributed by atoms with Gasteiger partial charge in [-0.1, -0.05) is 6.07 Å². The van der Waals surface area contributed by atoms with E-state index in [0.717, 1.165) is 11.5 Å². The topological polar surface area (TPSA) is 42.5 Å². The Kier molecular flexibility index (Phi) is 6.81. The zero-order chi connectivity index (χ0) is 17.4. The van der Waals surface area contributed by atoms with Crippen LogP contribution in [0.2, 0.25) is 0 Å². The first kappa shape index (κ1) is 18.0. The van der Waals surface area contributed by atoms with E-state index in [-0.39, 0.29) is 5.82 Å². The lowest BCUT2D eigenvalue weighted by Crippen LogP contribution is -2.32. The fourth-order valence-corrected chi connectivity index (χ4v) is 2.20. The second kappa shape index (κ2) is 9.08. The number of halogens is 1. The van der Waals surface area contributed by atoms with E-state index in [0.29, 0.717) is 36.1 Å². The van der Waals surface area contributed by atoms with E-state index in [4.69, 9.17) is 21.7 Å². The third-order valence-corrected chi connectivity index (χ3v) is 3.47. The molecule has 0 aromatic heterocycles. The molecule has 0 amide bonds. The molecule has 0 saturated carbocycles. The van der Waals surface area contributed by atoms with Gasteiger partial charge in [0, 0.05) is 5.69 Å². The highest BCUT2D eigenvalue weighted by molar-refractivity contribution is 7.80. The summed E-state index contributed by atoms with van der Waals surface area (Å²) >= 11 is 5.17. The monoisotopic (exact) mass is 348 g/mol. The van der Waals surface area contributed by atoms with Crippen LogP contribution in [0.5, 0.6) is 11.5 Å². The minimum atomic E-state index is -0.262. The molecule has 2 rings (SSSR count). The maximum Gasteiger partial charge on any atom is 0.170 e. The van der Waals surface area contributed by atoms with Crippen LogP contribution < -0.4 is 20.1 Å². The fourth-order valence-electron chi connectivity index (χ4n) is 1.98. The van der Waals surface area contributed by atoms with Crippen molar-refractivity contribution < 1.29 is 13.9 Å². The number of hydrogen-bond acceptors (Lipinski definition) is 3. The van der Waals surface area contributed by atoms with Crippen molar-refractivity contribution in [2.45, 2.75) is 13.8 Å². The van der Waals surface area contributed by atoms with E-state index >= 15 is 0 Å². The van der Waals surface area contributed by atoms with Crippen LogP contribution in [0.4, 0.5) is 10.1 Å². The van der Waals surface area contributed by atoms with Gasteiger partial charge >= 0.3 is 0 Å². The Morgan fingerprint density at radius 3 is 2.38 bits per heavy atom. The Hall–Kier alpha value is -2.34. The van der Waals surface area contributed by atoms with Crippen LogP contribution in [0.15, 0.2) is 42.5 Å². The molecule has 0 unspecified atom stereocenters. The standard InChI is InChI=1S/C18H21FN2O2S/c1-3-22-15-6-8-16(9-7-15)23-11-10-20-18(24)21-14-5-4-13(2)17(19)12-14/h4-9,12H,3,10-11H2,1-2H3,(H2,20,21,24). The minimum absolute atomic E-state index is 0.262. The van der Waals surface area contributed by atoms with Crippen LogP contribution in [0.25, 0.3) is 0 Å².